The molecule has 0 fully saturated rings. The Hall–Kier alpha value is -1.87. The van der Waals surface area contributed by atoms with E-state index in [1.165, 1.54) is 18.2 Å². The van der Waals surface area contributed by atoms with Crippen molar-refractivity contribution < 1.29 is 9.72 Å². The van der Waals surface area contributed by atoms with Crippen LogP contribution in [0.15, 0.2) is 22.7 Å². The van der Waals surface area contributed by atoms with Crippen LogP contribution in [0.3, 0.4) is 0 Å². The van der Waals surface area contributed by atoms with Gasteiger partial charge in [-0.3, -0.25) is 14.9 Å². The fraction of sp³-hybridized carbons (Fsp3) is 0.182. The molecule has 0 aromatic heterocycles. The van der Waals surface area contributed by atoms with E-state index in [1.807, 2.05) is 0 Å². The van der Waals surface area contributed by atoms with Gasteiger partial charge in [-0.2, -0.15) is 0 Å². The summed E-state index contributed by atoms with van der Waals surface area (Å²) in [6.07, 6.45) is 0. The van der Waals surface area contributed by atoms with E-state index in [0.717, 1.165) is 0 Å². The van der Waals surface area contributed by atoms with Crippen molar-refractivity contribution in [3.63, 3.8) is 0 Å². The fourth-order valence-corrected chi connectivity index (χ4v) is 1.54. The first-order valence-electron chi connectivity index (χ1n) is 4.68. The van der Waals surface area contributed by atoms with Crippen molar-refractivity contribution in [3.8, 4) is 11.8 Å². The molecular formula is C11H9BrN2O3. The summed E-state index contributed by atoms with van der Waals surface area (Å²) < 4.78 is 0.505. The lowest BCUT2D eigenvalue weighted by Crippen LogP contribution is -2.24. The number of carbonyl (C=O) groups excluding carboxylic acids is 1. The van der Waals surface area contributed by atoms with Crippen LogP contribution in [-0.2, 0) is 0 Å². The Labute approximate surface area is 106 Å². The van der Waals surface area contributed by atoms with Gasteiger partial charge >= 0.3 is 0 Å². The lowest BCUT2D eigenvalue weighted by molar-refractivity contribution is -0.384. The molecule has 88 valence electrons. The average Bonchev–Trinajstić information content (AvgIpc) is 2.29. The Morgan fingerprint density at radius 3 is 2.88 bits per heavy atom. The van der Waals surface area contributed by atoms with E-state index in [4.69, 9.17) is 0 Å². The van der Waals surface area contributed by atoms with Crippen LogP contribution in [0.2, 0.25) is 0 Å². The number of rotatable bonds is 3. The van der Waals surface area contributed by atoms with E-state index in [2.05, 4.69) is 33.1 Å². The van der Waals surface area contributed by atoms with Gasteiger partial charge in [-0.25, -0.2) is 0 Å². The molecule has 17 heavy (non-hydrogen) atoms. The number of non-ortho nitro benzene ring substituents is 1. The Balaban J connectivity index is 2.94. The SMILES string of the molecule is CC#CCNC(=O)c1cc([N+](=O)[O-])ccc1Br. The molecular weight excluding hydrogens is 288 g/mol. The van der Waals surface area contributed by atoms with Gasteiger partial charge in [0.25, 0.3) is 11.6 Å². The van der Waals surface area contributed by atoms with Crippen molar-refractivity contribution in [3.05, 3.63) is 38.3 Å². The number of amides is 1. The summed E-state index contributed by atoms with van der Waals surface area (Å²) in [5.74, 6) is 4.91. The van der Waals surface area contributed by atoms with Crippen molar-refractivity contribution >= 4 is 27.5 Å². The van der Waals surface area contributed by atoms with Crippen LogP contribution < -0.4 is 5.32 Å². The summed E-state index contributed by atoms with van der Waals surface area (Å²) >= 11 is 3.17. The van der Waals surface area contributed by atoms with Gasteiger partial charge in [0, 0.05) is 16.6 Å². The summed E-state index contributed by atoms with van der Waals surface area (Å²) in [4.78, 5) is 21.7. The van der Waals surface area contributed by atoms with Crippen LogP contribution in [0.4, 0.5) is 5.69 Å². The van der Waals surface area contributed by atoms with Gasteiger partial charge in [-0.15, -0.1) is 5.92 Å². The first kappa shape index (κ1) is 13.2. The first-order valence-corrected chi connectivity index (χ1v) is 5.47. The standard InChI is InChI=1S/C11H9BrN2O3/c1-2-3-6-13-11(15)9-7-8(14(16)17)4-5-10(9)12/h4-5,7H,6H2,1H3,(H,13,15). The lowest BCUT2D eigenvalue weighted by Gasteiger charge is -2.03. The van der Waals surface area contributed by atoms with Crippen molar-refractivity contribution in [1.29, 1.82) is 0 Å². The van der Waals surface area contributed by atoms with Crippen LogP contribution in [-0.4, -0.2) is 17.4 Å². The number of nitro groups is 1. The number of nitro benzene ring substituents is 1. The second-order valence-electron chi connectivity index (χ2n) is 3.03. The van der Waals surface area contributed by atoms with E-state index < -0.39 is 10.8 Å². The van der Waals surface area contributed by atoms with Gasteiger partial charge in [0.15, 0.2) is 0 Å². The normalized spacial score (nSPS) is 9.06. The lowest BCUT2D eigenvalue weighted by atomic mass is 10.2. The summed E-state index contributed by atoms with van der Waals surface area (Å²) in [5, 5.41) is 13.1. The third-order valence-corrected chi connectivity index (χ3v) is 2.61. The van der Waals surface area contributed by atoms with Crippen LogP contribution in [0, 0.1) is 22.0 Å². The molecule has 1 N–H and O–H groups in total. The van der Waals surface area contributed by atoms with Crippen LogP contribution in [0.5, 0.6) is 0 Å². The predicted octanol–water partition coefficient (Wildman–Crippen LogP) is 2.11. The molecule has 0 aliphatic heterocycles. The molecule has 1 aromatic rings. The third-order valence-electron chi connectivity index (χ3n) is 1.92. The van der Waals surface area contributed by atoms with Crippen molar-refractivity contribution in [1.82, 2.24) is 5.32 Å². The van der Waals surface area contributed by atoms with Gasteiger partial charge in [0.1, 0.15) is 0 Å². The number of halogens is 1. The number of hydrogen-bond donors (Lipinski definition) is 1. The van der Waals surface area contributed by atoms with Crippen LogP contribution >= 0.6 is 15.9 Å². The Kier molecular flexibility index (Phi) is 4.67. The molecule has 5 nitrogen and oxygen atoms in total. The van der Waals surface area contributed by atoms with Gasteiger partial charge in [0.2, 0.25) is 0 Å². The average molecular weight is 297 g/mol. The molecule has 0 bridgehead atoms. The van der Waals surface area contributed by atoms with E-state index in [9.17, 15) is 14.9 Å². The minimum Gasteiger partial charge on any atom is -0.341 e. The number of hydrogen-bond acceptors (Lipinski definition) is 3. The second-order valence-corrected chi connectivity index (χ2v) is 3.89. The zero-order valence-corrected chi connectivity index (χ0v) is 10.6. The van der Waals surface area contributed by atoms with Crippen molar-refractivity contribution in [2.75, 3.05) is 6.54 Å². The minimum absolute atomic E-state index is 0.125. The Morgan fingerprint density at radius 2 is 2.29 bits per heavy atom. The molecule has 0 aliphatic carbocycles. The molecule has 1 aromatic carbocycles. The molecule has 0 saturated heterocycles. The van der Waals surface area contributed by atoms with Gasteiger partial charge in [-0.1, -0.05) is 5.92 Å². The van der Waals surface area contributed by atoms with Crippen molar-refractivity contribution in [2.24, 2.45) is 0 Å². The second kappa shape index (κ2) is 6.01. The highest BCUT2D eigenvalue weighted by Crippen LogP contribution is 2.22. The summed E-state index contributed by atoms with van der Waals surface area (Å²) in [7, 11) is 0. The van der Waals surface area contributed by atoms with Crippen LogP contribution in [0.25, 0.3) is 0 Å². The third kappa shape index (κ3) is 3.57. The summed E-state index contributed by atoms with van der Waals surface area (Å²) in [6.45, 7) is 1.87. The molecule has 1 rings (SSSR count). The predicted molar refractivity (Wildman–Crippen MR) is 66.6 cm³/mol. The molecule has 6 heteroatoms. The summed E-state index contributed by atoms with van der Waals surface area (Å²) in [6, 6.07) is 4.02. The van der Waals surface area contributed by atoms with E-state index in [-0.39, 0.29) is 17.8 Å². The van der Waals surface area contributed by atoms with Crippen LogP contribution in [0.1, 0.15) is 17.3 Å². The fourth-order valence-electron chi connectivity index (χ4n) is 1.11. The highest BCUT2D eigenvalue weighted by Gasteiger charge is 2.14. The monoisotopic (exact) mass is 296 g/mol. The Morgan fingerprint density at radius 1 is 1.59 bits per heavy atom. The van der Waals surface area contributed by atoms with Crippen molar-refractivity contribution in [2.45, 2.75) is 6.92 Å². The largest absolute Gasteiger partial charge is 0.341 e. The molecule has 0 atom stereocenters. The van der Waals surface area contributed by atoms with E-state index in [1.54, 1.807) is 6.92 Å². The zero-order chi connectivity index (χ0) is 12.8. The molecule has 0 heterocycles. The molecule has 0 radical (unpaired) electrons. The Bertz CT molecular complexity index is 517. The highest BCUT2D eigenvalue weighted by molar-refractivity contribution is 9.10. The zero-order valence-electron chi connectivity index (χ0n) is 8.99. The molecule has 1 amide bonds. The molecule has 0 aliphatic rings. The number of carbonyl (C=O) groups is 1. The number of nitrogens with zero attached hydrogens (tertiary/aromatic N) is 1. The van der Waals surface area contributed by atoms with Gasteiger partial charge < -0.3 is 5.32 Å². The highest BCUT2D eigenvalue weighted by atomic mass is 79.9. The maximum absolute atomic E-state index is 11.7. The smallest absolute Gasteiger partial charge is 0.270 e. The van der Waals surface area contributed by atoms with Gasteiger partial charge in [-0.05, 0) is 28.9 Å². The quantitative estimate of drug-likeness (QED) is 0.527. The van der Waals surface area contributed by atoms with Gasteiger partial charge in [0.05, 0.1) is 17.0 Å². The molecule has 0 saturated carbocycles. The van der Waals surface area contributed by atoms with E-state index >= 15 is 0 Å². The molecule has 0 unspecified atom stereocenters. The maximum Gasteiger partial charge on any atom is 0.270 e. The number of nitrogens with one attached hydrogen (secondary N) is 1. The minimum atomic E-state index is -0.547. The number of benzene rings is 1. The summed E-state index contributed by atoms with van der Waals surface area (Å²) in [5.41, 5.74) is 0.0945. The van der Waals surface area contributed by atoms with E-state index in [0.29, 0.717) is 4.47 Å². The topological polar surface area (TPSA) is 72.2 Å². The first-order chi connectivity index (χ1) is 8.06. The molecule has 0 spiro atoms. The maximum atomic E-state index is 11.7.